The molecule has 1 aromatic carbocycles. The zero-order valence-corrected chi connectivity index (χ0v) is 12.6. The van der Waals surface area contributed by atoms with Crippen LogP contribution in [0.5, 0.6) is 0 Å². The molecule has 1 aromatic rings. The van der Waals surface area contributed by atoms with Crippen molar-refractivity contribution in [2.75, 3.05) is 18.4 Å². The number of benzene rings is 1. The highest BCUT2D eigenvalue weighted by atomic mass is 19.4. The molecular formula is C15H17F3N2O3. The summed E-state index contributed by atoms with van der Waals surface area (Å²) >= 11 is 0. The summed E-state index contributed by atoms with van der Waals surface area (Å²) in [7, 11) is 0. The van der Waals surface area contributed by atoms with Crippen molar-refractivity contribution in [2.45, 2.75) is 20.0 Å². The van der Waals surface area contributed by atoms with E-state index < -0.39 is 43.1 Å². The van der Waals surface area contributed by atoms with E-state index in [-0.39, 0.29) is 0 Å². The molecule has 0 aliphatic carbocycles. The van der Waals surface area contributed by atoms with Gasteiger partial charge < -0.3 is 15.3 Å². The number of carboxylic acids is 1. The zero-order chi connectivity index (χ0) is 17.4. The van der Waals surface area contributed by atoms with E-state index in [1.165, 1.54) is 0 Å². The lowest BCUT2D eigenvalue weighted by Gasteiger charge is -2.19. The number of carbonyl (C=O) groups is 2. The monoisotopic (exact) mass is 330 g/mol. The van der Waals surface area contributed by atoms with Crippen molar-refractivity contribution in [1.82, 2.24) is 4.90 Å². The van der Waals surface area contributed by atoms with Gasteiger partial charge in [0.2, 0.25) is 0 Å². The number of amides is 2. The number of urea groups is 1. The van der Waals surface area contributed by atoms with Crippen LogP contribution in [0.1, 0.15) is 11.1 Å². The fraction of sp³-hybridized carbons (Fsp3) is 0.467. The highest BCUT2D eigenvalue weighted by Gasteiger charge is 2.53. The van der Waals surface area contributed by atoms with E-state index >= 15 is 0 Å². The number of aliphatic carboxylic acids is 1. The van der Waals surface area contributed by atoms with E-state index in [0.29, 0.717) is 5.69 Å². The first-order chi connectivity index (χ1) is 10.6. The summed E-state index contributed by atoms with van der Waals surface area (Å²) in [6.07, 6.45) is -4.66. The van der Waals surface area contributed by atoms with E-state index in [4.69, 9.17) is 5.11 Å². The number of carbonyl (C=O) groups excluding carboxylic acids is 1. The predicted molar refractivity (Wildman–Crippen MR) is 77.2 cm³/mol. The van der Waals surface area contributed by atoms with Crippen molar-refractivity contribution in [3.05, 3.63) is 29.3 Å². The lowest BCUT2D eigenvalue weighted by atomic mass is 9.96. The topological polar surface area (TPSA) is 69.6 Å². The van der Waals surface area contributed by atoms with Crippen LogP contribution >= 0.6 is 0 Å². The Morgan fingerprint density at radius 2 is 1.91 bits per heavy atom. The van der Waals surface area contributed by atoms with Gasteiger partial charge in [0.15, 0.2) is 0 Å². The first-order valence-electron chi connectivity index (χ1n) is 7.03. The van der Waals surface area contributed by atoms with Crippen LogP contribution < -0.4 is 5.32 Å². The average molecular weight is 330 g/mol. The number of nitrogens with zero attached hydrogens (tertiary/aromatic N) is 1. The Morgan fingerprint density at radius 3 is 2.43 bits per heavy atom. The Morgan fingerprint density at radius 1 is 1.26 bits per heavy atom. The van der Waals surface area contributed by atoms with Gasteiger partial charge in [-0.15, -0.1) is 0 Å². The van der Waals surface area contributed by atoms with Gasteiger partial charge in [-0.3, -0.25) is 4.79 Å². The summed E-state index contributed by atoms with van der Waals surface area (Å²) in [6.45, 7) is 2.52. The van der Waals surface area contributed by atoms with Gasteiger partial charge in [0.25, 0.3) is 0 Å². The molecule has 0 aromatic heterocycles. The maximum absolute atomic E-state index is 12.9. The molecule has 1 saturated heterocycles. The Hall–Kier alpha value is -2.25. The van der Waals surface area contributed by atoms with Crippen molar-refractivity contribution in [2.24, 2.45) is 11.8 Å². The number of halogens is 3. The number of hydrogen-bond acceptors (Lipinski definition) is 2. The fourth-order valence-corrected chi connectivity index (χ4v) is 2.63. The highest BCUT2D eigenvalue weighted by Crippen LogP contribution is 2.38. The summed E-state index contributed by atoms with van der Waals surface area (Å²) in [5, 5.41) is 11.5. The molecule has 23 heavy (non-hydrogen) atoms. The molecular weight excluding hydrogens is 313 g/mol. The Labute approximate surface area is 131 Å². The van der Waals surface area contributed by atoms with Gasteiger partial charge in [0.1, 0.15) is 0 Å². The number of alkyl halides is 3. The van der Waals surface area contributed by atoms with E-state index in [1.54, 1.807) is 19.1 Å². The quantitative estimate of drug-likeness (QED) is 0.876. The Kier molecular flexibility index (Phi) is 4.53. The van der Waals surface area contributed by atoms with Crippen molar-refractivity contribution < 1.29 is 27.9 Å². The van der Waals surface area contributed by atoms with Gasteiger partial charge in [-0.25, -0.2) is 4.79 Å². The van der Waals surface area contributed by atoms with Gasteiger partial charge >= 0.3 is 18.2 Å². The molecule has 8 heteroatoms. The zero-order valence-electron chi connectivity index (χ0n) is 12.6. The maximum atomic E-state index is 12.9. The lowest BCUT2D eigenvalue weighted by Crippen LogP contribution is -2.35. The number of hydrogen-bond donors (Lipinski definition) is 2. The normalized spacial score (nSPS) is 21.3. The number of nitrogens with one attached hydrogen (secondary N) is 1. The summed E-state index contributed by atoms with van der Waals surface area (Å²) in [6, 6.07) is 4.49. The molecule has 5 nitrogen and oxygen atoms in total. The molecule has 1 aliphatic heterocycles. The molecule has 1 heterocycles. The van der Waals surface area contributed by atoms with Crippen LogP contribution in [0.15, 0.2) is 18.2 Å². The Bertz CT molecular complexity index is 631. The third-order valence-electron chi connectivity index (χ3n) is 4.19. The first kappa shape index (κ1) is 17.1. The molecule has 1 fully saturated rings. The van der Waals surface area contributed by atoms with Crippen LogP contribution in [-0.4, -0.2) is 41.3 Å². The average Bonchev–Trinajstić information content (AvgIpc) is 2.89. The van der Waals surface area contributed by atoms with Gasteiger partial charge in [0, 0.05) is 18.8 Å². The van der Waals surface area contributed by atoms with Crippen LogP contribution in [-0.2, 0) is 4.79 Å². The first-order valence-corrected chi connectivity index (χ1v) is 7.03. The summed E-state index contributed by atoms with van der Waals surface area (Å²) in [5.41, 5.74) is 2.24. The molecule has 0 spiro atoms. The maximum Gasteiger partial charge on any atom is 0.394 e. The molecule has 2 rings (SSSR count). The summed E-state index contributed by atoms with van der Waals surface area (Å²) in [4.78, 5) is 24.1. The Balaban J connectivity index is 2.15. The molecule has 2 amide bonds. The second-order valence-electron chi connectivity index (χ2n) is 5.68. The highest BCUT2D eigenvalue weighted by molar-refractivity contribution is 5.91. The van der Waals surface area contributed by atoms with Gasteiger partial charge in [-0.05, 0) is 31.0 Å². The minimum absolute atomic E-state index is 0.462. The lowest BCUT2D eigenvalue weighted by molar-refractivity contribution is -0.187. The summed E-state index contributed by atoms with van der Waals surface area (Å²) in [5.74, 6) is -5.24. The molecule has 2 atom stereocenters. The van der Waals surface area contributed by atoms with Crippen LogP contribution in [0.25, 0.3) is 0 Å². The number of rotatable bonds is 2. The minimum atomic E-state index is -4.66. The van der Waals surface area contributed by atoms with Gasteiger partial charge in [-0.1, -0.05) is 12.1 Å². The molecule has 0 unspecified atom stereocenters. The van der Waals surface area contributed by atoms with Gasteiger partial charge in [-0.2, -0.15) is 13.2 Å². The minimum Gasteiger partial charge on any atom is -0.481 e. The third kappa shape index (κ3) is 3.57. The van der Waals surface area contributed by atoms with Crippen molar-refractivity contribution in [3.8, 4) is 0 Å². The number of aryl methyl sites for hydroxylation is 1. The number of likely N-dealkylation sites (tertiary alicyclic amines) is 1. The molecule has 0 bridgehead atoms. The van der Waals surface area contributed by atoms with E-state index in [1.807, 2.05) is 13.0 Å². The largest absolute Gasteiger partial charge is 0.481 e. The third-order valence-corrected chi connectivity index (χ3v) is 4.19. The van der Waals surface area contributed by atoms with Crippen LogP contribution in [0, 0.1) is 25.7 Å². The molecule has 1 aliphatic rings. The molecule has 0 saturated carbocycles. The van der Waals surface area contributed by atoms with Gasteiger partial charge in [0.05, 0.1) is 11.8 Å². The van der Waals surface area contributed by atoms with Crippen LogP contribution in [0.2, 0.25) is 0 Å². The van der Waals surface area contributed by atoms with E-state index in [0.717, 1.165) is 16.0 Å². The van der Waals surface area contributed by atoms with E-state index in [9.17, 15) is 22.8 Å². The number of anilines is 1. The SMILES string of the molecule is Cc1cccc(NC(=O)N2C[C@@H](C(F)(F)F)[C@H](C(=O)O)C2)c1C. The second kappa shape index (κ2) is 6.10. The molecule has 126 valence electrons. The molecule has 2 N–H and O–H groups in total. The molecule has 0 radical (unpaired) electrons. The van der Waals surface area contributed by atoms with E-state index in [2.05, 4.69) is 5.32 Å². The van der Waals surface area contributed by atoms with Crippen molar-refractivity contribution in [1.29, 1.82) is 0 Å². The standard InChI is InChI=1S/C15H17F3N2O3/c1-8-4-3-5-12(9(8)2)19-14(23)20-6-10(13(21)22)11(7-20)15(16,17)18/h3-5,10-11H,6-7H2,1-2H3,(H,19,23)(H,21,22)/t10-,11-/m1/s1. The van der Waals surface area contributed by atoms with Crippen molar-refractivity contribution in [3.63, 3.8) is 0 Å². The fourth-order valence-electron chi connectivity index (χ4n) is 2.63. The summed E-state index contributed by atoms with van der Waals surface area (Å²) < 4.78 is 38.8. The number of carboxylic acid groups (broad SMARTS) is 1. The second-order valence-corrected chi connectivity index (χ2v) is 5.68. The predicted octanol–water partition coefficient (Wildman–Crippen LogP) is 3.03. The smallest absolute Gasteiger partial charge is 0.394 e. The van der Waals surface area contributed by atoms with Crippen molar-refractivity contribution >= 4 is 17.7 Å². The van der Waals surface area contributed by atoms with Crippen LogP contribution in [0.4, 0.5) is 23.7 Å². The van der Waals surface area contributed by atoms with Crippen LogP contribution in [0.3, 0.4) is 0 Å².